The van der Waals surface area contributed by atoms with E-state index in [9.17, 15) is 9.36 Å². The molecule has 2 aromatic rings. The van der Waals surface area contributed by atoms with Crippen LogP contribution in [0.15, 0.2) is 54.6 Å². The third kappa shape index (κ3) is 6.98. The molecule has 8 heteroatoms. The maximum Gasteiger partial charge on any atom is 0.410 e. The molecular weight excluding hydrogens is 355 g/mol. The van der Waals surface area contributed by atoms with E-state index in [1.54, 1.807) is 24.3 Å². The van der Waals surface area contributed by atoms with Crippen molar-refractivity contribution in [3.05, 3.63) is 71.3 Å². The molecule has 0 aromatic heterocycles. The second kappa shape index (κ2) is 9.50. The molecule has 0 aliphatic carbocycles. The van der Waals surface area contributed by atoms with Gasteiger partial charge in [-0.05, 0) is 16.7 Å². The van der Waals surface area contributed by atoms with E-state index in [1.165, 1.54) is 4.90 Å². The number of ether oxygens (including phenoxy) is 1. The van der Waals surface area contributed by atoms with Gasteiger partial charge in [0.15, 0.2) is 0 Å². The van der Waals surface area contributed by atoms with Gasteiger partial charge in [0.25, 0.3) is 0 Å². The number of carbonyl (C=O) groups is 1. The highest BCUT2D eigenvalue weighted by molar-refractivity contribution is 7.50. The van der Waals surface area contributed by atoms with Crippen molar-refractivity contribution in [2.45, 2.75) is 19.3 Å². The number of hydrogen-bond acceptors (Lipinski definition) is 4. The van der Waals surface area contributed by atoms with Crippen LogP contribution in [0.1, 0.15) is 16.7 Å². The molecule has 0 saturated heterocycles. The number of benzene rings is 2. The molecule has 0 heterocycles. The topological polar surface area (TPSA) is 113 Å². The number of hydrogen-bond donors (Lipinski definition) is 3. The van der Waals surface area contributed by atoms with Crippen LogP contribution in [0.5, 0.6) is 0 Å². The van der Waals surface area contributed by atoms with Crippen LogP contribution in [0, 0.1) is 0 Å². The molecule has 140 valence electrons. The molecule has 0 unspecified atom stereocenters. The first-order valence-corrected chi connectivity index (χ1v) is 9.95. The lowest BCUT2D eigenvalue weighted by Crippen LogP contribution is -2.35. The minimum absolute atomic E-state index is 0.183. The molecule has 26 heavy (non-hydrogen) atoms. The second-order valence-corrected chi connectivity index (χ2v) is 7.54. The second-order valence-electron chi connectivity index (χ2n) is 5.89. The van der Waals surface area contributed by atoms with Gasteiger partial charge in [0, 0.05) is 19.6 Å². The minimum atomic E-state index is -4.10. The zero-order valence-corrected chi connectivity index (χ0v) is 15.2. The monoisotopic (exact) mass is 378 g/mol. The fourth-order valence-corrected chi connectivity index (χ4v) is 3.10. The molecule has 0 aliphatic heterocycles. The molecule has 0 aliphatic rings. The Morgan fingerprint density at radius 3 is 2.19 bits per heavy atom. The molecule has 0 atom stereocenters. The largest absolute Gasteiger partial charge is 0.445 e. The van der Waals surface area contributed by atoms with Crippen LogP contribution in [0.3, 0.4) is 0 Å². The van der Waals surface area contributed by atoms with Gasteiger partial charge in [-0.15, -0.1) is 0 Å². The van der Waals surface area contributed by atoms with Crippen LogP contribution < -0.4 is 5.73 Å². The van der Waals surface area contributed by atoms with E-state index in [2.05, 4.69) is 0 Å². The van der Waals surface area contributed by atoms with Crippen molar-refractivity contribution in [1.29, 1.82) is 0 Å². The third-order valence-electron chi connectivity index (χ3n) is 3.65. The van der Waals surface area contributed by atoms with E-state index in [0.29, 0.717) is 25.2 Å². The average Bonchev–Trinajstić information content (AvgIpc) is 2.60. The van der Waals surface area contributed by atoms with Gasteiger partial charge in [-0.1, -0.05) is 54.6 Å². The van der Waals surface area contributed by atoms with Gasteiger partial charge >= 0.3 is 13.7 Å². The Morgan fingerprint density at radius 1 is 1.00 bits per heavy atom. The Labute approximate surface area is 152 Å². The zero-order chi connectivity index (χ0) is 19.0. The average molecular weight is 378 g/mol. The van der Waals surface area contributed by atoms with E-state index in [0.717, 1.165) is 11.1 Å². The predicted octanol–water partition coefficient (Wildman–Crippen LogP) is 2.46. The van der Waals surface area contributed by atoms with Gasteiger partial charge in [-0.25, -0.2) is 4.79 Å². The van der Waals surface area contributed by atoms with Crippen molar-refractivity contribution in [2.24, 2.45) is 5.73 Å². The molecular formula is C18H23N2O5P. The van der Waals surface area contributed by atoms with Crippen LogP contribution in [0.4, 0.5) is 4.79 Å². The van der Waals surface area contributed by atoms with Crippen molar-refractivity contribution in [2.75, 3.05) is 13.1 Å². The van der Waals surface area contributed by atoms with Crippen molar-refractivity contribution >= 4 is 13.7 Å². The first-order valence-electron chi connectivity index (χ1n) is 8.15. The maximum atomic E-state index is 12.3. The summed E-state index contributed by atoms with van der Waals surface area (Å²) >= 11 is 0. The van der Waals surface area contributed by atoms with Crippen molar-refractivity contribution in [3.8, 4) is 0 Å². The Kier molecular flexibility index (Phi) is 7.36. The Balaban J connectivity index is 1.96. The van der Waals surface area contributed by atoms with Crippen LogP contribution in [0.25, 0.3) is 0 Å². The van der Waals surface area contributed by atoms with E-state index in [1.807, 2.05) is 30.3 Å². The van der Waals surface area contributed by atoms with Gasteiger partial charge in [-0.3, -0.25) is 4.57 Å². The lowest BCUT2D eigenvalue weighted by molar-refractivity contribution is 0.0947. The van der Waals surface area contributed by atoms with Gasteiger partial charge in [0.1, 0.15) is 6.61 Å². The van der Waals surface area contributed by atoms with E-state index >= 15 is 0 Å². The predicted molar refractivity (Wildman–Crippen MR) is 98.3 cm³/mol. The summed E-state index contributed by atoms with van der Waals surface area (Å²) in [7, 11) is -4.10. The van der Waals surface area contributed by atoms with Crippen LogP contribution in [-0.2, 0) is 28.6 Å². The summed E-state index contributed by atoms with van der Waals surface area (Å²) < 4.78 is 16.4. The van der Waals surface area contributed by atoms with E-state index < -0.39 is 13.7 Å². The number of amides is 1. The van der Waals surface area contributed by atoms with Gasteiger partial charge in [0.2, 0.25) is 0 Å². The Morgan fingerprint density at radius 2 is 1.62 bits per heavy atom. The van der Waals surface area contributed by atoms with Crippen molar-refractivity contribution in [1.82, 2.24) is 4.90 Å². The Hall–Kier alpha value is -2.18. The van der Waals surface area contributed by atoms with E-state index in [-0.39, 0.29) is 12.8 Å². The molecule has 2 rings (SSSR count). The molecule has 0 radical (unpaired) electrons. The summed E-state index contributed by atoms with van der Waals surface area (Å²) in [5.41, 5.74) is 7.85. The smallest absolute Gasteiger partial charge is 0.410 e. The first kappa shape index (κ1) is 20.1. The molecule has 0 saturated carbocycles. The highest BCUT2D eigenvalue weighted by Gasteiger charge is 2.16. The van der Waals surface area contributed by atoms with Crippen LogP contribution in [0.2, 0.25) is 0 Å². The number of carbonyl (C=O) groups excluding carboxylic acids is 1. The molecule has 2 aromatic carbocycles. The molecule has 0 spiro atoms. The van der Waals surface area contributed by atoms with Crippen LogP contribution in [-0.4, -0.2) is 33.9 Å². The fraction of sp³-hybridized carbons (Fsp3) is 0.278. The number of nitrogens with two attached hydrogens (primary N) is 1. The molecule has 1 amide bonds. The summed E-state index contributed by atoms with van der Waals surface area (Å²) in [6.45, 7) is 1.14. The van der Waals surface area contributed by atoms with Gasteiger partial charge in [-0.2, -0.15) is 0 Å². The number of nitrogens with zero attached hydrogens (tertiary/aromatic N) is 1. The highest BCUT2D eigenvalue weighted by Crippen LogP contribution is 2.38. The normalized spacial score (nSPS) is 11.2. The molecule has 4 N–H and O–H groups in total. The SMILES string of the molecule is NCCN(Cc1ccc(CP(=O)(O)O)cc1)C(=O)OCc1ccccc1. The summed E-state index contributed by atoms with van der Waals surface area (Å²) in [5, 5.41) is 0. The standard InChI is InChI=1S/C18H23N2O5P/c19-10-11-20(18(21)25-13-16-4-2-1-3-5-16)12-15-6-8-17(9-7-15)14-26(22,23)24/h1-9H,10-14,19H2,(H2,22,23,24). The Bertz CT molecular complexity index is 746. The van der Waals surface area contributed by atoms with Crippen molar-refractivity contribution < 1.29 is 23.9 Å². The summed E-state index contributed by atoms with van der Waals surface area (Å²) in [6, 6.07) is 16.1. The summed E-state index contributed by atoms with van der Waals surface area (Å²) in [5.74, 6) is 0. The lowest BCUT2D eigenvalue weighted by Gasteiger charge is -2.21. The summed E-state index contributed by atoms with van der Waals surface area (Å²) in [6.07, 6.45) is -0.766. The van der Waals surface area contributed by atoms with Crippen molar-refractivity contribution in [3.63, 3.8) is 0 Å². The first-order chi connectivity index (χ1) is 12.4. The van der Waals surface area contributed by atoms with Crippen LogP contribution >= 0.6 is 7.60 Å². The zero-order valence-electron chi connectivity index (χ0n) is 14.3. The molecule has 0 bridgehead atoms. The molecule has 0 fully saturated rings. The number of rotatable bonds is 8. The van der Waals surface area contributed by atoms with Gasteiger partial charge in [0.05, 0.1) is 6.16 Å². The quantitative estimate of drug-likeness (QED) is 0.608. The minimum Gasteiger partial charge on any atom is -0.445 e. The molecule has 7 nitrogen and oxygen atoms in total. The third-order valence-corrected chi connectivity index (χ3v) is 4.42. The highest BCUT2D eigenvalue weighted by atomic mass is 31.2. The van der Waals surface area contributed by atoms with E-state index in [4.69, 9.17) is 20.3 Å². The fourth-order valence-electron chi connectivity index (χ4n) is 2.41. The van der Waals surface area contributed by atoms with Gasteiger partial charge < -0.3 is 25.2 Å². The summed E-state index contributed by atoms with van der Waals surface area (Å²) in [4.78, 5) is 31.8. The lowest BCUT2D eigenvalue weighted by atomic mass is 10.1. The maximum absolute atomic E-state index is 12.3.